The van der Waals surface area contributed by atoms with E-state index in [1.807, 2.05) is 42.2 Å². The van der Waals surface area contributed by atoms with Crippen molar-refractivity contribution < 1.29 is 9.90 Å². The number of rotatable bonds is 16. The molecule has 0 aromatic heterocycles. The van der Waals surface area contributed by atoms with Crippen molar-refractivity contribution in [2.24, 2.45) is 0 Å². The summed E-state index contributed by atoms with van der Waals surface area (Å²) in [5.41, 5.74) is 5.18. The number of hydrogen-bond donors (Lipinski definition) is 1. The van der Waals surface area contributed by atoms with E-state index in [2.05, 4.69) is 40.7 Å². The van der Waals surface area contributed by atoms with Gasteiger partial charge in [0.1, 0.15) is 5.75 Å². The van der Waals surface area contributed by atoms with Crippen LogP contribution in [0.2, 0.25) is 0 Å². The van der Waals surface area contributed by atoms with Crippen molar-refractivity contribution in [3.8, 4) is 5.75 Å². The Bertz CT molecular complexity index is 932. The van der Waals surface area contributed by atoms with E-state index >= 15 is 0 Å². The third kappa shape index (κ3) is 8.68. The number of carbonyl (C=O) groups is 1. The number of aromatic hydroxyl groups is 1. The number of unbranched alkanes of at least 4 members (excludes halogenated alkanes) is 7. The molecule has 0 heterocycles. The predicted octanol–water partition coefficient (Wildman–Crippen LogP) is 9.19. The van der Waals surface area contributed by atoms with Crippen molar-refractivity contribution in [1.29, 1.82) is 0 Å². The molecule has 1 amide bonds. The van der Waals surface area contributed by atoms with Gasteiger partial charge in [-0.3, -0.25) is 4.79 Å². The van der Waals surface area contributed by atoms with Gasteiger partial charge in [-0.05, 0) is 67.3 Å². The minimum absolute atomic E-state index is 0.0651. The first-order valence-electron chi connectivity index (χ1n) is 14.4. The van der Waals surface area contributed by atoms with E-state index in [0.29, 0.717) is 18.6 Å². The predicted molar refractivity (Wildman–Crippen MR) is 155 cm³/mol. The van der Waals surface area contributed by atoms with Gasteiger partial charge in [-0.25, -0.2) is 0 Å². The first-order valence-corrected chi connectivity index (χ1v) is 14.4. The molecule has 36 heavy (non-hydrogen) atoms. The molecular weight excluding hydrogens is 442 g/mol. The zero-order chi connectivity index (χ0) is 26.6. The van der Waals surface area contributed by atoms with Crippen molar-refractivity contribution in [2.75, 3.05) is 11.4 Å². The molecule has 0 aliphatic rings. The second-order valence-corrected chi connectivity index (χ2v) is 11.2. The smallest absolute Gasteiger partial charge is 0.227 e. The molecule has 0 aliphatic carbocycles. The van der Waals surface area contributed by atoms with Crippen LogP contribution in [-0.2, 0) is 16.6 Å². The molecule has 0 aliphatic heterocycles. The fraction of sp³-hybridized carbons (Fsp3) is 0.606. The average molecular weight is 494 g/mol. The second-order valence-electron chi connectivity index (χ2n) is 11.2. The van der Waals surface area contributed by atoms with Crippen LogP contribution in [0.1, 0.15) is 121 Å². The van der Waals surface area contributed by atoms with E-state index in [1.54, 1.807) is 0 Å². The maximum absolute atomic E-state index is 13.4. The monoisotopic (exact) mass is 493 g/mol. The van der Waals surface area contributed by atoms with Gasteiger partial charge in [-0.15, -0.1) is 0 Å². The molecular formula is C33H51NO2. The molecule has 0 unspecified atom stereocenters. The molecule has 3 nitrogen and oxygen atoms in total. The Labute approximate surface area is 221 Å². The van der Waals surface area contributed by atoms with Gasteiger partial charge in [-0.2, -0.15) is 0 Å². The fourth-order valence-corrected chi connectivity index (χ4v) is 5.29. The quantitative estimate of drug-likeness (QED) is 0.237. The van der Waals surface area contributed by atoms with Crippen LogP contribution in [0.25, 0.3) is 0 Å². The molecule has 0 spiro atoms. The summed E-state index contributed by atoms with van der Waals surface area (Å²) >= 11 is 0. The fourth-order valence-electron chi connectivity index (χ4n) is 5.29. The summed E-state index contributed by atoms with van der Waals surface area (Å²) < 4.78 is 0. The van der Waals surface area contributed by atoms with Gasteiger partial charge in [0.25, 0.3) is 0 Å². The summed E-state index contributed by atoms with van der Waals surface area (Å²) in [6.45, 7) is 13.8. The van der Waals surface area contributed by atoms with Crippen molar-refractivity contribution in [2.45, 2.75) is 124 Å². The number of hydrogen-bond acceptors (Lipinski definition) is 2. The van der Waals surface area contributed by atoms with E-state index < -0.39 is 0 Å². The highest BCUT2D eigenvalue weighted by Crippen LogP contribution is 2.39. The van der Waals surface area contributed by atoms with Gasteiger partial charge < -0.3 is 10.0 Å². The number of aryl methyl sites for hydroxylation is 1. The lowest BCUT2D eigenvalue weighted by Crippen LogP contribution is -2.32. The third-order valence-electron chi connectivity index (χ3n) is 7.73. The van der Waals surface area contributed by atoms with E-state index in [1.165, 1.54) is 50.5 Å². The van der Waals surface area contributed by atoms with Crippen LogP contribution < -0.4 is 4.90 Å². The van der Waals surface area contributed by atoms with Crippen molar-refractivity contribution in [3.63, 3.8) is 0 Å². The first-order chi connectivity index (χ1) is 17.2. The van der Waals surface area contributed by atoms with Gasteiger partial charge in [0.05, 0.1) is 0 Å². The minimum atomic E-state index is -0.0651. The number of benzene rings is 2. The molecule has 0 fully saturated rings. The van der Waals surface area contributed by atoms with Gasteiger partial charge in [-0.1, -0.05) is 103 Å². The molecule has 2 aromatic carbocycles. The molecule has 2 rings (SSSR count). The lowest BCUT2D eigenvalue weighted by Gasteiger charge is -2.29. The summed E-state index contributed by atoms with van der Waals surface area (Å²) in [5.74, 6) is 0.577. The zero-order valence-electron chi connectivity index (χ0n) is 24.0. The third-order valence-corrected chi connectivity index (χ3v) is 7.73. The highest BCUT2D eigenvalue weighted by Gasteiger charge is 2.26. The molecule has 0 bridgehead atoms. The van der Waals surface area contributed by atoms with Crippen LogP contribution in [-0.4, -0.2) is 17.6 Å². The maximum atomic E-state index is 13.4. The molecule has 3 heteroatoms. The van der Waals surface area contributed by atoms with Crippen LogP contribution >= 0.6 is 0 Å². The first kappa shape index (κ1) is 29.9. The largest absolute Gasteiger partial charge is 0.507 e. The number of amides is 1. The van der Waals surface area contributed by atoms with Gasteiger partial charge in [0.2, 0.25) is 5.91 Å². The Morgan fingerprint density at radius 3 is 2.17 bits per heavy atom. The Kier molecular flexibility index (Phi) is 12.5. The number of carbonyl (C=O) groups excluding carboxylic acids is 1. The summed E-state index contributed by atoms with van der Waals surface area (Å²) in [7, 11) is 0. The Hall–Kier alpha value is -2.29. The number of nitrogens with zero attached hydrogens (tertiary/aromatic N) is 1. The molecule has 200 valence electrons. The molecule has 0 atom stereocenters. The summed E-state index contributed by atoms with van der Waals surface area (Å²) in [6, 6.07) is 12.2. The van der Waals surface area contributed by atoms with Crippen LogP contribution in [0.15, 0.2) is 36.4 Å². The molecule has 2 aromatic rings. The minimum Gasteiger partial charge on any atom is -0.507 e. The maximum Gasteiger partial charge on any atom is 0.227 e. The summed E-state index contributed by atoms with van der Waals surface area (Å²) in [4.78, 5) is 15.4. The van der Waals surface area contributed by atoms with E-state index in [9.17, 15) is 9.90 Å². The Morgan fingerprint density at radius 2 is 1.50 bits per heavy atom. The van der Waals surface area contributed by atoms with Gasteiger partial charge in [0.15, 0.2) is 0 Å². The number of anilines is 1. The molecule has 0 radical (unpaired) electrons. The Morgan fingerprint density at radius 1 is 0.889 bits per heavy atom. The van der Waals surface area contributed by atoms with E-state index in [-0.39, 0.29) is 11.3 Å². The average Bonchev–Trinajstić information content (AvgIpc) is 2.86. The number of para-hydroxylation sites is 1. The van der Waals surface area contributed by atoms with E-state index in [0.717, 1.165) is 48.2 Å². The Balaban J connectivity index is 2.12. The second kappa shape index (κ2) is 15.1. The molecule has 1 N–H and O–H groups in total. The van der Waals surface area contributed by atoms with Crippen molar-refractivity contribution in [3.05, 3.63) is 58.7 Å². The highest BCUT2D eigenvalue weighted by molar-refractivity contribution is 5.93. The summed E-state index contributed by atoms with van der Waals surface area (Å²) in [5, 5.41) is 11.2. The van der Waals surface area contributed by atoms with Gasteiger partial charge in [0, 0.05) is 24.2 Å². The topological polar surface area (TPSA) is 40.5 Å². The number of phenolic OH excluding ortho intramolecular Hbond substituents is 1. The van der Waals surface area contributed by atoms with E-state index in [4.69, 9.17) is 0 Å². The summed E-state index contributed by atoms with van der Waals surface area (Å²) in [6.07, 6.45) is 13.0. The van der Waals surface area contributed by atoms with Crippen molar-refractivity contribution >= 4 is 11.6 Å². The van der Waals surface area contributed by atoms with Crippen LogP contribution in [0, 0.1) is 13.8 Å². The lowest BCUT2D eigenvalue weighted by molar-refractivity contribution is -0.118. The molecule has 0 saturated carbocycles. The van der Waals surface area contributed by atoms with Crippen LogP contribution in [0.5, 0.6) is 5.75 Å². The lowest BCUT2D eigenvalue weighted by atomic mass is 9.77. The van der Waals surface area contributed by atoms with Crippen molar-refractivity contribution in [1.82, 2.24) is 0 Å². The van der Waals surface area contributed by atoms with Gasteiger partial charge >= 0.3 is 0 Å². The van der Waals surface area contributed by atoms with Crippen LogP contribution in [0.3, 0.4) is 0 Å². The highest BCUT2D eigenvalue weighted by atomic mass is 16.3. The standard InChI is InChI=1S/C33H51NO2/c1-7-9-11-12-13-18-24-34(28-19-15-14-16-20-28)31(35)22-21-29-26(3)25-30(32(36)27(29)4)33(5,6)23-17-10-8-2/h14-16,19-20,25,36H,7-13,17-18,21-24H2,1-6H3. The SMILES string of the molecule is CCCCCCCCN(C(=O)CCc1c(C)cc(C(C)(C)CCCCC)c(O)c1C)c1ccccc1. The van der Waals surface area contributed by atoms with Crippen LogP contribution in [0.4, 0.5) is 5.69 Å². The zero-order valence-corrected chi connectivity index (χ0v) is 24.0. The molecule has 0 saturated heterocycles. The normalized spacial score (nSPS) is 11.6. The number of phenols is 1.